The summed E-state index contributed by atoms with van der Waals surface area (Å²) < 4.78 is 5.73. The molecule has 1 aliphatic heterocycles. The number of carbonyl (C=O) groups is 1. The van der Waals surface area contributed by atoms with Gasteiger partial charge in [0.1, 0.15) is 5.75 Å². The molecule has 1 heterocycles. The highest BCUT2D eigenvalue weighted by Gasteiger charge is 2.31. The molecule has 0 aromatic heterocycles. The summed E-state index contributed by atoms with van der Waals surface area (Å²) in [4.78, 5) is 15.5. The van der Waals surface area contributed by atoms with Gasteiger partial charge in [-0.05, 0) is 58.2 Å². The summed E-state index contributed by atoms with van der Waals surface area (Å²) in [5, 5.41) is 0. The van der Waals surface area contributed by atoms with Gasteiger partial charge in [0.05, 0.1) is 6.10 Å². The van der Waals surface area contributed by atoms with Crippen molar-refractivity contribution in [3.8, 4) is 5.75 Å². The Bertz CT molecular complexity index is 534. The standard InChI is InChI=1S/C20H29NO2/c1-15(2)23-19-11-5-7-16(13-19)20(22)17-8-6-12-21(14-17)18-9-3-4-10-18/h5,7,11,13,15,17-18H,3-4,6,8-10,12,14H2,1-2H3. The van der Waals surface area contributed by atoms with Crippen LogP contribution < -0.4 is 4.74 Å². The molecule has 23 heavy (non-hydrogen) atoms. The zero-order chi connectivity index (χ0) is 16.2. The lowest BCUT2D eigenvalue weighted by atomic mass is 9.89. The van der Waals surface area contributed by atoms with Gasteiger partial charge >= 0.3 is 0 Å². The van der Waals surface area contributed by atoms with Crippen LogP contribution in [0.4, 0.5) is 0 Å². The van der Waals surface area contributed by atoms with Gasteiger partial charge in [-0.2, -0.15) is 0 Å². The SMILES string of the molecule is CC(C)Oc1cccc(C(=O)C2CCCN(C3CCCC3)C2)c1. The van der Waals surface area contributed by atoms with Crippen LogP contribution in [0.5, 0.6) is 5.75 Å². The molecular formula is C20H29NO2. The Hall–Kier alpha value is -1.35. The van der Waals surface area contributed by atoms with Crippen molar-refractivity contribution in [1.82, 2.24) is 4.90 Å². The van der Waals surface area contributed by atoms with Crippen molar-refractivity contribution in [2.45, 2.75) is 64.5 Å². The van der Waals surface area contributed by atoms with Gasteiger partial charge in [0, 0.05) is 24.1 Å². The number of hydrogen-bond donors (Lipinski definition) is 0. The first kappa shape index (κ1) is 16.5. The summed E-state index contributed by atoms with van der Waals surface area (Å²) in [5.41, 5.74) is 0.807. The molecule has 1 saturated carbocycles. The summed E-state index contributed by atoms with van der Waals surface area (Å²) in [5.74, 6) is 1.25. The molecule has 3 heteroatoms. The number of benzene rings is 1. The number of piperidine rings is 1. The second-order valence-electron chi connectivity index (χ2n) is 7.33. The monoisotopic (exact) mass is 315 g/mol. The van der Waals surface area contributed by atoms with Crippen LogP contribution in [0.25, 0.3) is 0 Å². The Balaban J connectivity index is 1.67. The second kappa shape index (κ2) is 7.48. The predicted octanol–water partition coefficient (Wildman–Crippen LogP) is 4.31. The zero-order valence-electron chi connectivity index (χ0n) is 14.5. The highest BCUT2D eigenvalue weighted by atomic mass is 16.5. The van der Waals surface area contributed by atoms with Gasteiger partial charge < -0.3 is 4.74 Å². The highest BCUT2D eigenvalue weighted by Crippen LogP contribution is 2.29. The third-order valence-electron chi connectivity index (χ3n) is 5.16. The third-order valence-corrected chi connectivity index (χ3v) is 5.16. The van der Waals surface area contributed by atoms with Gasteiger partial charge in [-0.3, -0.25) is 9.69 Å². The Morgan fingerprint density at radius 3 is 2.70 bits per heavy atom. The Morgan fingerprint density at radius 2 is 1.96 bits per heavy atom. The van der Waals surface area contributed by atoms with Gasteiger partial charge in [-0.15, -0.1) is 0 Å². The number of Topliss-reactive ketones (excluding diaryl/α,β-unsaturated/α-hetero) is 1. The smallest absolute Gasteiger partial charge is 0.167 e. The van der Waals surface area contributed by atoms with Crippen LogP contribution >= 0.6 is 0 Å². The van der Waals surface area contributed by atoms with E-state index in [9.17, 15) is 4.79 Å². The summed E-state index contributed by atoms with van der Waals surface area (Å²) in [6.45, 7) is 6.13. The van der Waals surface area contributed by atoms with Crippen LogP contribution in [0.15, 0.2) is 24.3 Å². The molecule has 3 nitrogen and oxygen atoms in total. The van der Waals surface area contributed by atoms with Crippen molar-refractivity contribution in [1.29, 1.82) is 0 Å². The maximum Gasteiger partial charge on any atom is 0.167 e. The normalized spacial score (nSPS) is 23.3. The Kier molecular flexibility index (Phi) is 5.37. The average molecular weight is 315 g/mol. The van der Waals surface area contributed by atoms with Crippen molar-refractivity contribution in [2.75, 3.05) is 13.1 Å². The van der Waals surface area contributed by atoms with Crippen LogP contribution in [0, 0.1) is 5.92 Å². The number of nitrogens with zero attached hydrogens (tertiary/aromatic N) is 1. The Labute approximate surface area is 140 Å². The molecule has 1 aliphatic carbocycles. The quantitative estimate of drug-likeness (QED) is 0.758. The first-order valence-electron chi connectivity index (χ1n) is 9.18. The van der Waals surface area contributed by atoms with Gasteiger partial charge in [-0.1, -0.05) is 25.0 Å². The minimum absolute atomic E-state index is 0.132. The first-order valence-corrected chi connectivity index (χ1v) is 9.18. The average Bonchev–Trinajstić information content (AvgIpc) is 3.08. The molecule has 1 unspecified atom stereocenters. The summed E-state index contributed by atoms with van der Waals surface area (Å²) >= 11 is 0. The highest BCUT2D eigenvalue weighted by molar-refractivity contribution is 5.98. The molecule has 0 radical (unpaired) electrons. The predicted molar refractivity (Wildman–Crippen MR) is 93.1 cm³/mol. The largest absolute Gasteiger partial charge is 0.491 e. The lowest BCUT2D eigenvalue weighted by Gasteiger charge is -2.36. The third kappa shape index (κ3) is 4.14. The lowest BCUT2D eigenvalue weighted by Crippen LogP contribution is -2.43. The van der Waals surface area contributed by atoms with E-state index in [1.54, 1.807) is 0 Å². The summed E-state index contributed by atoms with van der Waals surface area (Å²) in [6, 6.07) is 8.44. The number of ether oxygens (including phenoxy) is 1. The number of hydrogen-bond acceptors (Lipinski definition) is 3. The molecule has 2 aliphatic rings. The molecule has 0 amide bonds. The molecule has 0 bridgehead atoms. The molecule has 0 N–H and O–H groups in total. The van der Waals surface area contributed by atoms with Crippen molar-refractivity contribution >= 4 is 5.78 Å². The van der Waals surface area contributed by atoms with E-state index in [-0.39, 0.29) is 12.0 Å². The molecule has 0 spiro atoms. The van der Waals surface area contributed by atoms with E-state index in [1.807, 2.05) is 38.1 Å². The van der Waals surface area contributed by atoms with Crippen molar-refractivity contribution in [3.63, 3.8) is 0 Å². The van der Waals surface area contributed by atoms with E-state index >= 15 is 0 Å². The van der Waals surface area contributed by atoms with Gasteiger partial charge in [0.2, 0.25) is 0 Å². The molecule has 3 rings (SSSR count). The summed E-state index contributed by atoms with van der Waals surface area (Å²) in [6.07, 6.45) is 7.65. The van der Waals surface area contributed by atoms with Crippen molar-refractivity contribution in [3.05, 3.63) is 29.8 Å². The van der Waals surface area contributed by atoms with E-state index in [0.29, 0.717) is 5.78 Å². The van der Waals surface area contributed by atoms with E-state index < -0.39 is 0 Å². The minimum atomic E-state index is 0.132. The molecule has 126 valence electrons. The molecule has 2 fully saturated rings. The van der Waals surface area contributed by atoms with Crippen LogP contribution in [-0.4, -0.2) is 35.9 Å². The number of carbonyl (C=O) groups excluding carboxylic acids is 1. The van der Waals surface area contributed by atoms with E-state index in [4.69, 9.17) is 4.74 Å². The van der Waals surface area contributed by atoms with Crippen molar-refractivity contribution in [2.24, 2.45) is 5.92 Å². The lowest BCUT2D eigenvalue weighted by molar-refractivity contribution is 0.0756. The minimum Gasteiger partial charge on any atom is -0.491 e. The zero-order valence-corrected chi connectivity index (χ0v) is 14.5. The van der Waals surface area contributed by atoms with Gasteiger partial charge in [0.15, 0.2) is 5.78 Å². The maximum atomic E-state index is 12.9. The molecule has 1 aromatic rings. The fourth-order valence-corrected chi connectivity index (χ4v) is 4.05. The second-order valence-corrected chi connectivity index (χ2v) is 7.33. The number of rotatable bonds is 5. The van der Waals surface area contributed by atoms with Crippen LogP contribution in [0.3, 0.4) is 0 Å². The number of likely N-dealkylation sites (tertiary alicyclic amines) is 1. The topological polar surface area (TPSA) is 29.5 Å². The fraction of sp³-hybridized carbons (Fsp3) is 0.650. The molecular weight excluding hydrogens is 286 g/mol. The van der Waals surface area contributed by atoms with E-state index in [0.717, 1.165) is 36.7 Å². The van der Waals surface area contributed by atoms with Crippen LogP contribution in [0.1, 0.15) is 62.7 Å². The van der Waals surface area contributed by atoms with E-state index in [2.05, 4.69) is 4.90 Å². The Morgan fingerprint density at radius 1 is 1.17 bits per heavy atom. The first-order chi connectivity index (χ1) is 11.1. The molecule has 1 aromatic carbocycles. The van der Waals surface area contributed by atoms with Crippen LogP contribution in [0.2, 0.25) is 0 Å². The maximum absolute atomic E-state index is 12.9. The van der Waals surface area contributed by atoms with Gasteiger partial charge in [0.25, 0.3) is 0 Å². The van der Waals surface area contributed by atoms with Crippen molar-refractivity contribution < 1.29 is 9.53 Å². The fourth-order valence-electron chi connectivity index (χ4n) is 4.05. The van der Waals surface area contributed by atoms with E-state index in [1.165, 1.54) is 32.2 Å². The molecule has 1 saturated heterocycles. The van der Waals surface area contributed by atoms with Gasteiger partial charge in [-0.25, -0.2) is 0 Å². The van der Waals surface area contributed by atoms with Crippen LogP contribution in [-0.2, 0) is 0 Å². The summed E-state index contributed by atoms with van der Waals surface area (Å²) in [7, 11) is 0. The molecule has 1 atom stereocenters. The number of ketones is 1.